The molecule has 1 aliphatic heterocycles. The van der Waals surface area contributed by atoms with Gasteiger partial charge in [-0.05, 0) is 36.4 Å². The van der Waals surface area contributed by atoms with E-state index in [1.807, 2.05) is 60.7 Å². The Morgan fingerprint density at radius 1 is 0.567 bits per heavy atom. The Labute approximate surface area is 177 Å². The summed E-state index contributed by atoms with van der Waals surface area (Å²) in [5, 5.41) is 0. The maximum absolute atomic E-state index is 6.73. The first-order valence-corrected chi connectivity index (χ1v) is 10.0. The van der Waals surface area contributed by atoms with Crippen LogP contribution in [0.15, 0.2) is 115 Å². The Bertz CT molecular complexity index is 1200. The standard InChI is InChI=1S/C29H20O/c1-4-11-23(12-5-1)19-20-24-13-10-18-28-27(24)21-22-29(30-28,25-14-6-2-7-15-25)26-16-8-3-9-17-26/h1-18,21-22H. The van der Waals surface area contributed by atoms with Gasteiger partial charge in [0.2, 0.25) is 0 Å². The molecule has 0 spiro atoms. The molecule has 5 rings (SSSR count). The van der Waals surface area contributed by atoms with E-state index in [1.165, 1.54) is 0 Å². The molecule has 142 valence electrons. The first-order valence-electron chi connectivity index (χ1n) is 10.0. The molecule has 0 N–H and O–H groups in total. The lowest BCUT2D eigenvalue weighted by molar-refractivity contribution is 0.161. The van der Waals surface area contributed by atoms with Crippen molar-refractivity contribution in [2.24, 2.45) is 0 Å². The molecule has 0 aromatic heterocycles. The molecular weight excluding hydrogens is 364 g/mol. The van der Waals surface area contributed by atoms with Gasteiger partial charge in [-0.25, -0.2) is 0 Å². The van der Waals surface area contributed by atoms with E-state index in [9.17, 15) is 0 Å². The van der Waals surface area contributed by atoms with Gasteiger partial charge in [-0.3, -0.25) is 0 Å². The summed E-state index contributed by atoms with van der Waals surface area (Å²) in [4.78, 5) is 0. The molecule has 1 aliphatic rings. The highest BCUT2D eigenvalue weighted by atomic mass is 16.5. The fourth-order valence-corrected chi connectivity index (χ4v) is 3.83. The predicted molar refractivity (Wildman–Crippen MR) is 122 cm³/mol. The van der Waals surface area contributed by atoms with Crippen LogP contribution in [0.5, 0.6) is 5.75 Å². The Morgan fingerprint density at radius 2 is 1.17 bits per heavy atom. The fourth-order valence-electron chi connectivity index (χ4n) is 3.83. The minimum atomic E-state index is -0.666. The van der Waals surface area contributed by atoms with Crippen LogP contribution in [-0.4, -0.2) is 0 Å². The van der Waals surface area contributed by atoms with E-state index in [1.54, 1.807) is 0 Å². The van der Waals surface area contributed by atoms with Gasteiger partial charge in [0.15, 0.2) is 5.60 Å². The van der Waals surface area contributed by atoms with Gasteiger partial charge in [-0.2, -0.15) is 0 Å². The molecule has 30 heavy (non-hydrogen) atoms. The van der Waals surface area contributed by atoms with Gasteiger partial charge in [-0.1, -0.05) is 96.8 Å². The minimum absolute atomic E-state index is 0.666. The van der Waals surface area contributed by atoms with Crippen molar-refractivity contribution in [3.63, 3.8) is 0 Å². The van der Waals surface area contributed by atoms with Crippen LogP contribution in [0.25, 0.3) is 6.08 Å². The average molecular weight is 384 g/mol. The molecule has 0 atom stereocenters. The first-order chi connectivity index (χ1) is 14.9. The molecule has 1 nitrogen and oxygen atoms in total. The van der Waals surface area contributed by atoms with Crippen molar-refractivity contribution in [1.29, 1.82) is 0 Å². The number of hydrogen-bond donors (Lipinski definition) is 0. The summed E-state index contributed by atoms with van der Waals surface area (Å²) >= 11 is 0. The van der Waals surface area contributed by atoms with Crippen LogP contribution in [0.2, 0.25) is 0 Å². The van der Waals surface area contributed by atoms with Gasteiger partial charge in [0.05, 0.1) is 0 Å². The maximum atomic E-state index is 6.73. The van der Waals surface area contributed by atoms with Crippen molar-refractivity contribution in [3.05, 3.63) is 143 Å². The summed E-state index contributed by atoms with van der Waals surface area (Å²) in [5.41, 5.74) is 4.50. The zero-order valence-corrected chi connectivity index (χ0v) is 16.5. The third kappa shape index (κ3) is 3.30. The van der Waals surface area contributed by atoms with E-state index in [0.717, 1.165) is 33.6 Å². The second-order valence-electron chi connectivity index (χ2n) is 7.24. The largest absolute Gasteiger partial charge is 0.473 e. The Balaban J connectivity index is 1.61. The minimum Gasteiger partial charge on any atom is -0.473 e. The molecule has 0 bridgehead atoms. The molecule has 0 saturated heterocycles. The lowest BCUT2D eigenvalue weighted by atomic mass is 9.83. The fraction of sp³-hybridized carbons (Fsp3) is 0.0345. The van der Waals surface area contributed by atoms with Crippen LogP contribution in [0.3, 0.4) is 0 Å². The normalized spacial score (nSPS) is 13.5. The lowest BCUT2D eigenvalue weighted by Crippen LogP contribution is -2.34. The molecule has 1 heterocycles. The second-order valence-corrected chi connectivity index (χ2v) is 7.24. The van der Waals surface area contributed by atoms with Gasteiger partial charge in [0, 0.05) is 27.8 Å². The van der Waals surface area contributed by atoms with Crippen molar-refractivity contribution in [2.45, 2.75) is 5.60 Å². The first kappa shape index (κ1) is 18.0. The third-order valence-corrected chi connectivity index (χ3v) is 5.34. The van der Waals surface area contributed by atoms with Gasteiger partial charge in [0.25, 0.3) is 0 Å². The molecule has 0 amide bonds. The predicted octanol–water partition coefficient (Wildman–Crippen LogP) is 6.44. The van der Waals surface area contributed by atoms with E-state index in [-0.39, 0.29) is 0 Å². The van der Waals surface area contributed by atoms with Crippen LogP contribution >= 0.6 is 0 Å². The molecule has 4 aromatic carbocycles. The van der Waals surface area contributed by atoms with E-state index < -0.39 is 5.60 Å². The Hall–Kier alpha value is -4.02. The topological polar surface area (TPSA) is 9.23 Å². The molecule has 0 fully saturated rings. The van der Waals surface area contributed by atoms with E-state index in [4.69, 9.17) is 4.74 Å². The molecule has 0 unspecified atom stereocenters. The quantitative estimate of drug-likeness (QED) is 0.362. The highest BCUT2D eigenvalue weighted by Gasteiger charge is 2.37. The van der Waals surface area contributed by atoms with E-state index >= 15 is 0 Å². The highest BCUT2D eigenvalue weighted by Crippen LogP contribution is 2.42. The lowest BCUT2D eigenvalue weighted by Gasteiger charge is -2.36. The highest BCUT2D eigenvalue weighted by molar-refractivity contribution is 5.70. The van der Waals surface area contributed by atoms with Crippen LogP contribution in [0.4, 0.5) is 0 Å². The van der Waals surface area contributed by atoms with Crippen molar-refractivity contribution in [1.82, 2.24) is 0 Å². The zero-order chi connectivity index (χ0) is 20.2. The smallest absolute Gasteiger partial charge is 0.178 e. The summed E-state index contributed by atoms with van der Waals surface area (Å²) in [6.45, 7) is 0. The summed E-state index contributed by atoms with van der Waals surface area (Å²) in [6, 6.07) is 36.8. The maximum Gasteiger partial charge on any atom is 0.178 e. The van der Waals surface area contributed by atoms with Gasteiger partial charge >= 0.3 is 0 Å². The van der Waals surface area contributed by atoms with E-state index in [0.29, 0.717) is 0 Å². The number of ether oxygens (including phenoxy) is 1. The number of benzene rings is 4. The van der Waals surface area contributed by atoms with Gasteiger partial charge < -0.3 is 4.74 Å². The Morgan fingerprint density at radius 3 is 1.80 bits per heavy atom. The van der Waals surface area contributed by atoms with Gasteiger partial charge in [-0.15, -0.1) is 0 Å². The van der Waals surface area contributed by atoms with Crippen LogP contribution < -0.4 is 4.74 Å². The monoisotopic (exact) mass is 384 g/mol. The Kier molecular flexibility index (Phi) is 4.68. The molecule has 0 radical (unpaired) electrons. The molecular formula is C29H20O. The van der Waals surface area contributed by atoms with Crippen molar-refractivity contribution in [3.8, 4) is 17.6 Å². The summed E-state index contributed by atoms with van der Waals surface area (Å²) in [5.74, 6) is 7.41. The molecule has 4 aromatic rings. The van der Waals surface area contributed by atoms with Crippen LogP contribution in [0.1, 0.15) is 27.8 Å². The summed E-state index contributed by atoms with van der Waals surface area (Å²) < 4.78 is 6.73. The molecule has 0 aliphatic carbocycles. The number of hydrogen-bond acceptors (Lipinski definition) is 1. The third-order valence-electron chi connectivity index (χ3n) is 5.34. The van der Waals surface area contributed by atoms with Crippen molar-refractivity contribution >= 4 is 6.08 Å². The van der Waals surface area contributed by atoms with Crippen molar-refractivity contribution < 1.29 is 4.74 Å². The number of fused-ring (bicyclic) bond motifs is 1. The van der Waals surface area contributed by atoms with Crippen LogP contribution in [0, 0.1) is 11.8 Å². The summed E-state index contributed by atoms with van der Waals surface area (Å²) in [7, 11) is 0. The summed E-state index contributed by atoms with van der Waals surface area (Å²) in [6.07, 6.45) is 4.29. The van der Waals surface area contributed by atoms with Crippen LogP contribution in [-0.2, 0) is 5.60 Å². The zero-order valence-electron chi connectivity index (χ0n) is 16.5. The SMILES string of the molecule is C(#Cc1cccc2c1C=CC(c1ccccc1)(c1ccccc1)O2)c1ccccc1. The second kappa shape index (κ2) is 7.78. The average Bonchev–Trinajstić information content (AvgIpc) is 2.84. The van der Waals surface area contributed by atoms with E-state index in [2.05, 4.69) is 72.5 Å². The molecule has 1 heteroatoms. The van der Waals surface area contributed by atoms with Crippen molar-refractivity contribution in [2.75, 3.05) is 0 Å². The van der Waals surface area contributed by atoms with Gasteiger partial charge in [0.1, 0.15) is 5.75 Å². The number of rotatable bonds is 2. The molecule has 0 saturated carbocycles.